The second-order valence-corrected chi connectivity index (χ2v) is 8.71. The smallest absolute Gasteiger partial charge is 0.0772 e. The molecular formula is C29H35NO2. The fourth-order valence-electron chi connectivity index (χ4n) is 4.62. The number of nitrogens with one attached hydrogen (secondary N) is 1. The molecule has 168 valence electrons. The first kappa shape index (κ1) is 22.7. The summed E-state index contributed by atoms with van der Waals surface area (Å²) in [5.41, 5.74) is 6.57. The molecular weight excluding hydrogens is 394 g/mol. The van der Waals surface area contributed by atoms with Gasteiger partial charge in [-0.1, -0.05) is 78.9 Å². The minimum atomic E-state index is 0.181. The monoisotopic (exact) mass is 429 g/mol. The lowest BCUT2D eigenvalue weighted by Gasteiger charge is -2.33. The Balaban J connectivity index is 1.40. The Labute approximate surface area is 192 Å². The van der Waals surface area contributed by atoms with Gasteiger partial charge < -0.3 is 14.8 Å². The summed E-state index contributed by atoms with van der Waals surface area (Å²) in [6.45, 7) is 3.44. The van der Waals surface area contributed by atoms with Crippen LogP contribution in [0.2, 0.25) is 0 Å². The number of methoxy groups -OCH3 is 1. The fourth-order valence-corrected chi connectivity index (χ4v) is 4.62. The van der Waals surface area contributed by atoms with E-state index in [-0.39, 0.29) is 6.10 Å². The first-order valence-electron chi connectivity index (χ1n) is 11.9. The van der Waals surface area contributed by atoms with Crippen LogP contribution in [-0.4, -0.2) is 32.9 Å². The number of benzene rings is 3. The van der Waals surface area contributed by atoms with Gasteiger partial charge in [-0.25, -0.2) is 0 Å². The number of aryl methyl sites for hydroxylation is 1. The predicted octanol–water partition coefficient (Wildman–Crippen LogP) is 5.99. The summed E-state index contributed by atoms with van der Waals surface area (Å²) in [7, 11) is 1.77. The van der Waals surface area contributed by atoms with Crippen LogP contribution in [0.4, 0.5) is 0 Å². The lowest BCUT2D eigenvalue weighted by atomic mass is 9.86. The molecule has 0 bridgehead atoms. The molecule has 1 saturated heterocycles. The molecule has 0 amide bonds. The molecule has 2 atom stereocenters. The van der Waals surface area contributed by atoms with Crippen molar-refractivity contribution < 1.29 is 9.47 Å². The highest BCUT2D eigenvalue weighted by atomic mass is 16.5. The van der Waals surface area contributed by atoms with E-state index in [0.717, 1.165) is 45.4 Å². The van der Waals surface area contributed by atoms with Crippen molar-refractivity contribution in [2.75, 3.05) is 26.8 Å². The molecule has 2 unspecified atom stereocenters. The number of piperidine rings is 1. The van der Waals surface area contributed by atoms with E-state index in [4.69, 9.17) is 9.47 Å². The third-order valence-corrected chi connectivity index (χ3v) is 6.37. The van der Waals surface area contributed by atoms with E-state index < -0.39 is 0 Å². The average molecular weight is 430 g/mol. The molecule has 1 aliphatic heterocycles. The summed E-state index contributed by atoms with van der Waals surface area (Å²) >= 11 is 0. The highest BCUT2D eigenvalue weighted by Gasteiger charge is 2.27. The molecule has 1 N–H and O–H groups in total. The minimum absolute atomic E-state index is 0.181. The maximum atomic E-state index is 6.50. The van der Waals surface area contributed by atoms with Crippen molar-refractivity contribution in [1.29, 1.82) is 0 Å². The van der Waals surface area contributed by atoms with E-state index in [2.05, 4.69) is 84.2 Å². The summed E-state index contributed by atoms with van der Waals surface area (Å²) in [4.78, 5) is 0. The Hall–Kier alpha value is -2.46. The van der Waals surface area contributed by atoms with Crippen molar-refractivity contribution >= 4 is 0 Å². The van der Waals surface area contributed by atoms with Crippen LogP contribution in [0, 0.1) is 0 Å². The molecule has 0 radical (unpaired) electrons. The van der Waals surface area contributed by atoms with Gasteiger partial charge in [-0.3, -0.25) is 0 Å². The summed E-state index contributed by atoms with van der Waals surface area (Å²) < 4.78 is 11.7. The summed E-state index contributed by atoms with van der Waals surface area (Å²) in [6.07, 6.45) is 4.64. The van der Waals surface area contributed by atoms with E-state index in [1.54, 1.807) is 7.11 Å². The first-order valence-corrected chi connectivity index (χ1v) is 11.9. The third-order valence-electron chi connectivity index (χ3n) is 6.37. The zero-order valence-electron chi connectivity index (χ0n) is 19.1. The van der Waals surface area contributed by atoms with Crippen molar-refractivity contribution in [3.05, 3.63) is 95.6 Å². The maximum absolute atomic E-state index is 6.50. The van der Waals surface area contributed by atoms with Gasteiger partial charge in [0.25, 0.3) is 0 Å². The van der Waals surface area contributed by atoms with E-state index in [9.17, 15) is 0 Å². The van der Waals surface area contributed by atoms with Crippen LogP contribution in [0.25, 0.3) is 11.1 Å². The lowest BCUT2D eigenvalue weighted by Crippen LogP contribution is -2.41. The van der Waals surface area contributed by atoms with Gasteiger partial charge in [0.1, 0.15) is 0 Å². The average Bonchev–Trinajstić information content (AvgIpc) is 2.86. The standard InChI is InChI=1S/C29H35NO2/c1-31-18-6-5-9-23-10-7-11-24(19-23)22-32-29-21-30-17-16-28(29)27-15-8-14-26(20-27)25-12-3-2-4-13-25/h2-4,7-8,10-15,19-20,28-30H,5-6,9,16-18,21-22H2,1H3. The van der Waals surface area contributed by atoms with Gasteiger partial charge >= 0.3 is 0 Å². The van der Waals surface area contributed by atoms with E-state index >= 15 is 0 Å². The first-order chi connectivity index (χ1) is 15.8. The number of hydrogen-bond donors (Lipinski definition) is 1. The van der Waals surface area contributed by atoms with Gasteiger partial charge in [0.2, 0.25) is 0 Å². The topological polar surface area (TPSA) is 30.5 Å². The molecule has 0 aromatic heterocycles. The third kappa shape index (κ3) is 6.29. The van der Waals surface area contributed by atoms with Crippen molar-refractivity contribution in [2.24, 2.45) is 0 Å². The normalized spacial score (nSPS) is 18.5. The molecule has 4 rings (SSSR count). The van der Waals surface area contributed by atoms with E-state index in [1.165, 1.54) is 27.8 Å². The molecule has 1 heterocycles. The molecule has 1 fully saturated rings. The van der Waals surface area contributed by atoms with Crippen LogP contribution in [0.5, 0.6) is 0 Å². The number of ether oxygens (including phenoxy) is 2. The zero-order valence-corrected chi connectivity index (χ0v) is 19.1. The van der Waals surface area contributed by atoms with Gasteiger partial charge in [-0.2, -0.15) is 0 Å². The Morgan fingerprint density at radius 3 is 2.53 bits per heavy atom. The number of hydrogen-bond acceptors (Lipinski definition) is 3. The van der Waals surface area contributed by atoms with E-state index in [1.807, 2.05) is 0 Å². The van der Waals surface area contributed by atoms with Crippen molar-refractivity contribution in [2.45, 2.75) is 44.3 Å². The quantitative estimate of drug-likeness (QED) is 0.402. The van der Waals surface area contributed by atoms with Gasteiger partial charge in [0, 0.05) is 26.2 Å². The van der Waals surface area contributed by atoms with Gasteiger partial charge in [-0.15, -0.1) is 0 Å². The van der Waals surface area contributed by atoms with Gasteiger partial charge in [0.05, 0.1) is 12.7 Å². The van der Waals surface area contributed by atoms with Crippen molar-refractivity contribution in [3.63, 3.8) is 0 Å². The number of rotatable bonds is 10. The molecule has 0 spiro atoms. The fraction of sp³-hybridized carbons (Fsp3) is 0.379. The van der Waals surface area contributed by atoms with Crippen molar-refractivity contribution in [3.8, 4) is 11.1 Å². The van der Waals surface area contributed by atoms with Gasteiger partial charge in [0.15, 0.2) is 0 Å². The maximum Gasteiger partial charge on any atom is 0.0772 e. The molecule has 3 aromatic rings. The van der Waals surface area contributed by atoms with Gasteiger partial charge in [-0.05, 0) is 60.0 Å². The summed E-state index contributed by atoms with van der Waals surface area (Å²) in [5.74, 6) is 0.414. The summed E-state index contributed by atoms with van der Waals surface area (Å²) in [5, 5.41) is 3.53. The van der Waals surface area contributed by atoms with Crippen LogP contribution in [0.1, 0.15) is 41.9 Å². The Morgan fingerprint density at radius 1 is 0.844 bits per heavy atom. The summed E-state index contributed by atoms with van der Waals surface area (Å²) in [6, 6.07) is 28.5. The zero-order chi connectivity index (χ0) is 22.0. The highest BCUT2D eigenvalue weighted by Crippen LogP contribution is 2.31. The Bertz CT molecular complexity index is 956. The molecule has 32 heavy (non-hydrogen) atoms. The molecule has 0 aliphatic carbocycles. The van der Waals surface area contributed by atoms with Crippen LogP contribution < -0.4 is 5.32 Å². The highest BCUT2D eigenvalue weighted by molar-refractivity contribution is 5.64. The molecule has 1 aliphatic rings. The van der Waals surface area contributed by atoms with Crippen LogP contribution in [0.15, 0.2) is 78.9 Å². The van der Waals surface area contributed by atoms with Crippen LogP contribution in [0.3, 0.4) is 0 Å². The Morgan fingerprint density at radius 2 is 1.66 bits per heavy atom. The van der Waals surface area contributed by atoms with E-state index in [0.29, 0.717) is 12.5 Å². The number of unbranched alkanes of at least 4 members (excludes halogenated alkanes) is 1. The SMILES string of the molecule is COCCCCc1cccc(COC2CNCCC2c2cccc(-c3ccccc3)c2)c1. The Kier molecular flexibility index (Phi) is 8.49. The van der Waals surface area contributed by atoms with Crippen LogP contribution >= 0.6 is 0 Å². The molecule has 3 aromatic carbocycles. The second-order valence-electron chi connectivity index (χ2n) is 8.71. The minimum Gasteiger partial charge on any atom is -0.385 e. The molecule has 3 heteroatoms. The van der Waals surface area contributed by atoms with Crippen LogP contribution in [-0.2, 0) is 22.5 Å². The lowest BCUT2D eigenvalue weighted by molar-refractivity contribution is 0.0106. The largest absolute Gasteiger partial charge is 0.385 e. The van der Waals surface area contributed by atoms with Crippen molar-refractivity contribution in [1.82, 2.24) is 5.32 Å². The molecule has 0 saturated carbocycles. The second kappa shape index (κ2) is 12.0. The predicted molar refractivity (Wildman–Crippen MR) is 132 cm³/mol. The molecule has 3 nitrogen and oxygen atoms in total.